The first-order valence-corrected chi connectivity index (χ1v) is 6.50. The SMILES string of the molecule is CC(C)CC(C)(C)CNC(=O)C(C)(C)CCO. The van der Waals surface area contributed by atoms with E-state index in [1.54, 1.807) is 0 Å². The molecule has 0 aliphatic heterocycles. The Morgan fingerprint density at radius 1 is 1.24 bits per heavy atom. The average Bonchev–Trinajstić information content (AvgIpc) is 2.12. The molecule has 0 unspecified atom stereocenters. The highest BCUT2D eigenvalue weighted by atomic mass is 16.3. The average molecular weight is 243 g/mol. The van der Waals surface area contributed by atoms with Crippen molar-refractivity contribution in [2.45, 2.75) is 54.4 Å². The molecule has 0 aliphatic rings. The minimum atomic E-state index is -0.483. The van der Waals surface area contributed by atoms with Gasteiger partial charge in [0.25, 0.3) is 0 Å². The predicted octanol–water partition coefficient (Wildman–Crippen LogP) is 2.58. The third-order valence-corrected chi connectivity index (χ3v) is 3.04. The topological polar surface area (TPSA) is 49.3 Å². The quantitative estimate of drug-likeness (QED) is 0.722. The van der Waals surface area contributed by atoms with Gasteiger partial charge in [0.15, 0.2) is 0 Å². The van der Waals surface area contributed by atoms with Crippen LogP contribution in [0.15, 0.2) is 0 Å². The van der Waals surface area contributed by atoms with E-state index in [4.69, 9.17) is 5.11 Å². The number of rotatable bonds is 7. The molecule has 102 valence electrons. The fourth-order valence-electron chi connectivity index (χ4n) is 2.13. The maximum Gasteiger partial charge on any atom is 0.225 e. The lowest BCUT2D eigenvalue weighted by atomic mass is 9.83. The summed E-state index contributed by atoms with van der Waals surface area (Å²) in [5.74, 6) is 0.663. The molecule has 0 saturated heterocycles. The van der Waals surface area contributed by atoms with Gasteiger partial charge in [-0.1, -0.05) is 41.5 Å². The van der Waals surface area contributed by atoms with E-state index >= 15 is 0 Å². The van der Waals surface area contributed by atoms with Crippen LogP contribution in [0, 0.1) is 16.7 Å². The Bertz CT molecular complexity index is 245. The molecule has 3 heteroatoms. The second kappa shape index (κ2) is 6.39. The van der Waals surface area contributed by atoms with Gasteiger partial charge in [0.05, 0.1) is 0 Å². The third kappa shape index (κ3) is 6.67. The van der Waals surface area contributed by atoms with Crippen LogP contribution in [0.4, 0.5) is 0 Å². The van der Waals surface area contributed by atoms with Gasteiger partial charge in [-0.15, -0.1) is 0 Å². The Hall–Kier alpha value is -0.570. The molecular weight excluding hydrogens is 214 g/mol. The molecule has 3 nitrogen and oxygen atoms in total. The zero-order valence-electron chi connectivity index (χ0n) is 12.3. The summed E-state index contributed by atoms with van der Waals surface area (Å²) >= 11 is 0. The lowest BCUT2D eigenvalue weighted by Gasteiger charge is -2.30. The zero-order valence-corrected chi connectivity index (χ0v) is 12.3. The first-order valence-electron chi connectivity index (χ1n) is 6.50. The number of hydrogen-bond acceptors (Lipinski definition) is 2. The molecule has 0 rings (SSSR count). The Kier molecular flexibility index (Phi) is 6.17. The van der Waals surface area contributed by atoms with E-state index in [-0.39, 0.29) is 17.9 Å². The first-order chi connectivity index (χ1) is 7.60. The van der Waals surface area contributed by atoms with Crippen molar-refractivity contribution in [2.75, 3.05) is 13.2 Å². The summed E-state index contributed by atoms with van der Waals surface area (Å²) in [6, 6.07) is 0. The van der Waals surface area contributed by atoms with Gasteiger partial charge in [-0.05, 0) is 24.2 Å². The summed E-state index contributed by atoms with van der Waals surface area (Å²) in [7, 11) is 0. The van der Waals surface area contributed by atoms with Crippen molar-refractivity contribution in [3.8, 4) is 0 Å². The largest absolute Gasteiger partial charge is 0.396 e. The fraction of sp³-hybridized carbons (Fsp3) is 0.929. The van der Waals surface area contributed by atoms with E-state index in [0.29, 0.717) is 18.9 Å². The van der Waals surface area contributed by atoms with Gasteiger partial charge in [0, 0.05) is 18.6 Å². The molecule has 2 N–H and O–H groups in total. The van der Waals surface area contributed by atoms with E-state index in [9.17, 15) is 4.79 Å². The maximum absolute atomic E-state index is 12.0. The molecule has 0 spiro atoms. The van der Waals surface area contributed by atoms with Gasteiger partial charge < -0.3 is 10.4 Å². The fourth-order valence-corrected chi connectivity index (χ4v) is 2.13. The van der Waals surface area contributed by atoms with E-state index in [2.05, 4.69) is 33.0 Å². The van der Waals surface area contributed by atoms with Crippen molar-refractivity contribution in [1.29, 1.82) is 0 Å². The standard InChI is InChI=1S/C14H29NO2/c1-11(2)9-13(3,4)10-15-12(17)14(5,6)7-8-16/h11,16H,7-10H2,1-6H3,(H,15,17). The van der Waals surface area contributed by atoms with Gasteiger partial charge in [-0.2, -0.15) is 0 Å². The Labute approximate surface area is 106 Å². The molecule has 0 atom stereocenters. The summed E-state index contributed by atoms with van der Waals surface area (Å²) in [6.45, 7) is 13.2. The highest BCUT2D eigenvalue weighted by Crippen LogP contribution is 2.25. The Morgan fingerprint density at radius 2 is 1.76 bits per heavy atom. The normalized spacial score (nSPS) is 12.9. The van der Waals surface area contributed by atoms with Gasteiger partial charge in [0.1, 0.15) is 0 Å². The van der Waals surface area contributed by atoms with Gasteiger partial charge in [-0.25, -0.2) is 0 Å². The number of aliphatic hydroxyl groups excluding tert-OH is 1. The number of carbonyl (C=O) groups excluding carboxylic acids is 1. The molecule has 0 aromatic carbocycles. The van der Waals surface area contributed by atoms with E-state index < -0.39 is 5.41 Å². The van der Waals surface area contributed by atoms with Crippen LogP contribution in [0.1, 0.15) is 54.4 Å². The summed E-state index contributed by atoms with van der Waals surface area (Å²) < 4.78 is 0. The van der Waals surface area contributed by atoms with Gasteiger partial charge in [-0.3, -0.25) is 4.79 Å². The molecule has 0 bridgehead atoms. The Morgan fingerprint density at radius 3 is 2.18 bits per heavy atom. The number of aliphatic hydroxyl groups is 1. The molecule has 0 saturated carbocycles. The van der Waals surface area contributed by atoms with Crippen LogP contribution < -0.4 is 5.32 Å². The summed E-state index contributed by atoms with van der Waals surface area (Å²) in [5, 5.41) is 11.9. The molecular formula is C14H29NO2. The summed E-state index contributed by atoms with van der Waals surface area (Å²) in [6.07, 6.45) is 1.59. The van der Waals surface area contributed by atoms with Crippen molar-refractivity contribution >= 4 is 5.91 Å². The van der Waals surface area contributed by atoms with Crippen LogP contribution in [0.3, 0.4) is 0 Å². The second-order valence-electron chi connectivity index (χ2n) is 6.80. The van der Waals surface area contributed by atoms with E-state index in [1.165, 1.54) is 0 Å². The van der Waals surface area contributed by atoms with Crippen LogP contribution in [0.2, 0.25) is 0 Å². The molecule has 0 fully saturated rings. The van der Waals surface area contributed by atoms with Crippen molar-refractivity contribution in [3.63, 3.8) is 0 Å². The molecule has 0 heterocycles. The van der Waals surface area contributed by atoms with Crippen molar-refractivity contribution < 1.29 is 9.90 Å². The minimum Gasteiger partial charge on any atom is -0.396 e. The second-order valence-corrected chi connectivity index (χ2v) is 6.80. The third-order valence-electron chi connectivity index (χ3n) is 3.04. The highest BCUT2D eigenvalue weighted by Gasteiger charge is 2.28. The van der Waals surface area contributed by atoms with Crippen molar-refractivity contribution in [3.05, 3.63) is 0 Å². The number of nitrogens with one attached hydrogen (secondary N) is 1. The first kappa shape index (κ1) is 16.4. The maximum atomic E-state index is 12.0. The van der Waals surface area contributed by atoms with E-state index in [1.807, 2.05) is 13.8 Å². The molecule has 0 aromatic heterocycles. The molecule has 0 aromatic rings. The number of amides is 1. The van der Waals surface area contributed by atoms with Crippen LogP contribution in [-0.4, -0.2) is 24.2 Å². The molecule has 1 amide bonds. The lowest BCUT2D eigenvalue weighted by Crippen LogP contribution is -2.42. The number of carbonyl (C=O) groups is 1. The molecule has 0 radical (unpaired) electrons. The molecule has 17 heavy (non-hydrogen) atoms. The van der Waals surface area contributed by atoms with E-state index in [0.717, 1.165) is 6.42 Å². The van der Waals surface area contributed by atoms with Crippen LogP contribution in [0.25, 0.3) is 0 Å². The summed E-state index contributed by atoms with van der Waals surface area (Å²) in [5.41, 5.74) is -0.359. The van der Waals surface area contributed by atoms with Gasteiger partial charge >= 0.3 is 0 Å². The van der Waals surface area contributed by atoms with Crippen LogP contribution in [-0.2, 0) is 4.79 Å². The van der Waals surface area contributed by atoms with Crippen molar-refractivity contribution in [2.24, 2.45) is 16.7 Å². The highest BCUT2D eigenvalue weighted by molar-refractivity contribution is 5.81. The smallest absolute Gasteiger partial charge is 0.225 e. The van der Waals surface area contributed by atoms with Crippen molar-refractivity contribution in [1.82, 2.24) is 5.32 Å². The molecule has 0 aliphatic carbocycles. The number of hydrogen-bond donors (Lipinski definition) is 2. The van der Waals surface area contributed by atoms with Crippen LogP contribution in [0.5, 0.6) is 0 Å². The van der Waals surface area contributed by atoms with Gasteiger partial charge in [0.2, 0.25) is 5.91 Å². The Balaban J connectivity index is 4.23. The monoisotopic (exact) mass is 243 g/mol. The summed E-state index contributed by atoms with van der Waals surface area (Å²) in [4.78, 5) is 12.0. The van der Waals surface area contributed by atoms with Crippen LogP contribution >= 0.6 is 0 Å². The predicted molar refractivity (Wildman–Crippen MR) is 71.7 cm³/mol. The lowest BCUT2D eigenvalue weighted by molar-refractivity contribution is -0.130. The minimum absolute atomic E-state index is 0.0309. The zero-order chi connectivity index (χ0) is 13.7.